The highest BCUT2D eigenvalue weighted by atomic mass is 35.5. The van der Waals surface area contributed by atoms with Crippen molar-refractivity contribution in [3.05, 3.63) is 46.4 Å². The molecule has 1 N–H and O–H groups in total. The molecule has 3 rings (SSSR count). The summed E-state index contributed by atoms with van der Waals surface area (Å²) in [5, 5.41) is 3.70. The van der Waals surface area contributed by atoms with E-state index < -0.39 is 0 Å². The Balaban J connectivity index is 2.58. The Labute approximate surface area is 96.6 Å². The molecule has 0 bridgehead atoms. The first kappa shape index (κ1) is 9.08. The number of benzene rings is 2. The van der Waals surface area contributed by atoms with Crippen LogP contribution in [-0.4, -0.2) is 4.98 Å². The molecule has 0 aliphatic carbocycles. The lowest BCUT2D eigenvalue weighted by molar-refractivity contribution is 1.55. The van der Waals surface area contributed by atoms with E-state index >= 15 is 0 Å². The number of nitrogens with one attached hydrogen (secondary N) is 1. The Morgan fingerprint density at radius 2 is 1.80 bits per heavy atom. The van der Waals surface area contributed by atoms with Crippen molar-refractivity contribution in [2.24, 2.45) is 0 Å². The van der Waals surface area contributed by atoms with Gasteiger partial charge >= 0.3 is 0 Å². The lowest BCUT2D eigenvalue weighted by atomic mass is 10.1. The summed E-state index contributed by atoms with van der Waals surface area (Å²) >= 11 is 12.1. The Morgan fingerprint density at radius 3 is 2.67 bits per heavy atom. The smallest absolute Gasteiger partial charge is 0.0654 e. The second-order valence-electron chi connectivity index (χ2n) is 3.48. The van der Waals surface area contributed by atoms with Crippen LogP contribution in [0.4, 0.5) is 0 Å². The topological polar surface area (TPSA) is 15.8 Å². The molecule has 1 heterocycles. The zero-order valence-electron chi connectivity index (χ0n) is 7.72. The van der Waals surface area contributed by atoms with Gasteiger partial charge in [0.25, 0.3) is 0 Å². The summed E-state index contributed by atoms with van der Waals surface area (Å²) in [5.74, 6) is 0. The van der Waals surface area contributed by atoms with Crippen LogP contribution < -0.4 is 0 Å². The summed E-state index contributed by atoms with van der Waals surface area (Å²) in [4.78, 5) is 3.28. The zero-order chi connectivity index (χ0) is 10.4. The quantitative estimate of drug-likeness (QED) is 0.585. The molecule has 0 unspecified atom stereocenters. The first-order chi connectivity index (χ1) is 7.25. The molecule has 0 saturated carbocycles. The Bertz CT molecular complexity index is 655. The third-order valence-electron chi connectivity index (χ3n) is 2.55. The minimum atomic E-state index is 0.736. The van der Waals surface area contributed by atoms with E-state index in [0.29, 0.717) is 0 Å². The minimum absolute atomic E-state index is 0.736. The molecule has 0 spiro atoms. The van der Waals surface area contributed by atoms with Crippen LogP contribution in [0, 0.1) is 0 Å². The molecule has 74 valence electrons. The number of aromatic amines is 1. The van der Waals surface area contributed by atoms with Crippen LogP contribution in [0.1, 0.15) is 0 Å². The fraction of sp³-hybridized carbons (Fsp3) is 0. The molecule has 0 atom stereocenters. The van der Waals surface area contributed by atoms with Gasteiger partial charge in [0, 0.05) is 21.3 Å². The molecular weight excluding hydrogens is 229 g/mol. The zero-order valence-corrected chi connectivity index (χ0v) is 9.23. The molecule has 1 nitrogen and oxygen atoms in total. The van der Waals surface area contributed by atoms with Gasteiger partial charge in [0.2, 0.25) is 0 Å². The minimum Gasteiger partial charge on any atom is -0.353 e. The van der Waals surface area contributed by atoms with Crippen LogP contribution in [0.3, 0.4) is 0 Å². The number of aromatic nitrogens is 1. The lowest BCUT2D eigenvalue weighted by Gasteiger charge is -1.92. The SMILES string of the molecule is Clc1ccc2[nH]c3c(Cl)cccc3c2c1. The van der Waals surface area contributed by atoms with E-state index in [9.17, 15) is 0 Å². The van der Waals surface area contributed by atoms with Crippen LogP contribution in [0.2, 0.25) is 10.0 Å². The third kappa shape index (κ3) is 1.31. The Hall–Kier alpha value is -1.18. The summed E-state index contributed by atoms with van der Waals surface area (Å²) in [6.45, 7) is 0. The number of hydrogen-bond acceptors (Lipinski definition) is 0. The van der Waals surface area contributed by atoms with Crippen molar-refractivity contribution < 1.29 is 0 Å². The third-order valence-corrected chi connectivity index (χ3v) is 3.10. The van der Waals surface area contributed by atoms with Crippen molar-refractivity contribution in [3.63, 3.8) is 0 Å². The average molecular weight is 236 g/mol. The maximum atomic E-state index is 6.10. The number of hydrogen-bond donors (Lipinski definition) is 1. The molecule has 3 heteroatoms. The van der Waals surface area contributed by atoms with E-state index in [0.717, 1.165) is 31.9 Å². The molecule has 0 amide bonds. The maximum Gasteiger partial charge on any atom is 0.0654 e. The van der Waals surface area contributed by atoms with E-state index in [2.05, 4.69) is 4.98 Å². The van der Waals surface area contributed by atoms with Gasteiger partial charge < -0.3 is 4.98 Å². The van der Waals surface area contributed by atoms with E-state index in [1.54, 1.807) is 0 Å². The molecule has 1 aromatic heterocycles. The molecule has 15 heavy (non-hydrogen) atoms. The number of H-pyrrole nitrogens is 1. The van der Waals surface area contributed by atoms with Crippen LogP contribution in [-0.2, 0) is 0 Å². The standard InChI is InChI=1S/C12H7Cl2N/c13-7-4-5-11-9(6-7)8-2-1-3-10(14)12(8)15-11/h1-6,15H. The Morgan fingerprint density at radius 1 is 0.933 bits per heavy atom. The maximum absolute atomic E-state index is 6.10. The Kier molecular flexibility index (Phi) is 1.91. The van der Waals surface area contributed by atoms with E-state index in [-0.39, 0.29) is 0 Å². The summed E-state index contributed by atoms with van der Waals surface area (Å²) < 4.78 is 0. The van der Waals surface area contributed by atoms with Crippen molar-refractivity contribution in [1.82, 2.24) is 4.98 Å². The van der Waals surface area contributed by atoms with Crippen molar-refractivity contribution in [1.29, 1.82) is 0 Å². The molecule has 2 aromatic carbocycles. The van der Waals surface area contributed by atoms with Crippen molar-refractivity contribution in [3.8, 4) is 0 Å². The molecule has 0 aliphatic heterocycles. The van der Waals surface area contributed by atoms with Crippen LogP contribution in [0.25, 0.3) is 21.8 Å². The summed E-state index contributed by atoms with van der Waals surface area (Å²) in [7, 11) is 0. The highest BCUT2D eigenvalue weighted by molar-refractivity contribution is 6.36. The molecule has 0 fully saturated rings. The fourth-order valence-electron chi connectivity index (χ4n) is 1.86. The van der Waals surface area contributed by atoms with Crippen molar-refractivity contribution >= 4 is 45.0 Å². The number of fused-ring (bicyclic) bond motifs is 3. The monoisotopic (exact) mass is 235 g/mol. The molecule has 0 aliphatic rings. The fourth-order valence-corrected chi connectivity index (χ4v) is 2.25. The van der Waals surface area contributed by atoms with Crippen LogP contribution in [0.5, 0.6) is 0 Å². The van der Waals surface area contributed by atoms with Gasteiger partial charge in [-0.3, -0.25) is 0 Å². The number of rotatable bonds is 0. The van der Waals surface area contributed by atoms with Crippen molar-refractivity contribution in [2.45, 2.75) is 0 Å². The predicted octanol–water partition coefficient (Wildman–Crippen LogP) is 4.63. The molecule has 0 saturated heterocycles. The number of para-hydroxylation sites is 1. The van der Waals surface area contributed by atoms with Gasteiger partial charge in [-0.15, -0.1) is 0 Å². The number of halogens is 2. The van der Waals surface area contributed by atoms with Gasteiger partial charge in [-0.25, -0.2) is 0 Å². The van der Waals surface area contributed by atoms with Gasteiger partial charge in [-0.1, -0.05) is 35.3 Å². The van der Waals surface area contributed by atoms with Crippen LogP contribution in [0.15, 0.2) is 36.4 Å². The van der Waals surface area contributed by atoms with Gasteiger partial charge in [0.15, 0.2) is 0 Å². The van der Waals surface area contributed by atoms with Gasteiger partial charge in [-0.05, 0) is 24.3 Å². The largest absolute Gasteiger partial charge is 0.353 e. The molecule has 3 aromatic rings. The summed E-state index contributed by atoms with van der Waals surface area (Å²) in [6.07, 6.45) is 0. The van der Waals surface area contributed by atoms with E-state index in [1.807, 2.05) is 36.4 Å². The highest BCUT2D eigenvalue weighted by Gasteiger charge is 2.06. The van der Waals surface area contributed by atoms with Crippen LogP contribution >= 0.6 is 23.2 Å². The van der Waals surface area contributed by atoms with E-state index in [4.69, 9.17) is 23.2 Å². The van der Waals surface area contributed by atoms with Gasteiger partial charge in [0.1, 0.15) is 0 Å². The normalized spacial score (nSPS) is 11.3. The first-order valence-corrected chi connectivity index (χ1v) is 5.37. The second kappa shape index (κ2) is 3.16. The van der Waals surface area contributed by atoms with Gasteiger partial charge in [-0.2, -0.15) is 0 Å². The lowest BCUT2D eigenvalue weighted by Crippen LogP contribution is -1.68. The van der Waals surface area contributed by atoms with Crippen molar-refractivity contribution in [2.75, 3.05) is 0 Å². The predicted molar refractivity (Wildman–Crippen MR) is 65.8 cm³/mol. The van der Waals surface area contributed by atoms with Gasteiger partial charge in [0.05, 0.1) is 10.5 Å². The first-order valence-electron chi connectivity index (χ1n) is 4.61. The average Bonchev–Trinajstić information content (AvgIpc) is 2.58. The molecule has 0 radical (unpaired) electrons. The highest BCUT2D eigenvalue weighted by Crippen LogP contribution is 2.31. The van der Waals surface area contributed by atoms with E-state index in [1.165, 1.54) is 0 Å². The molecular formula is C12H7Cl2N. The summed E-state index contributed by atoms with van der Waals surface area (Å²) in [5.41, 5.74) is 2.03. The second-order valence-corrected chi connectivity index (χ2v) is 4.32. The summed E-state index contributed by atoms with van der Waals surface area (Å²) in [6, 6.07) is 11.6.